The van der Waals surface area contributed by atoms with Gasteiger partial charge in [-0.25, -0.2) is 0 Å². The summed E-state index contributed by atoms with van der Waals surface area (Å²) in [6.45, 7) is 11.2. The van der Waals surface area contributed by atoms with E-state index in [1.165, 1.54) is 25.9 Å². The standard InChI is InChI=1S/C12H26N2O/c1-11(8-14-6-4-5-7-14)13-9-12(2,3)10-15/h11,13,15H,4-10H2,1-3H3. The molecular weight excluding hydrogens is 188 g/mol. The first kappa shape index (κ1) is 12.9. The first-order valence-electron chi connectivity index (χ1n) is 6.10. The van der Waals surface area contributed by atoms with Crippen molar-refractivity contribution in [2.75, 3.05) is 32.8 Å². The van der Waals surface area contributed by atoms with Gasteiger partial charge in [-0.05, 0) is 32.9 Å². The quantitative estimate of drug-likeness (QED) is 0.694. The van der Waals surface area contributed by atoms with Crippen molar-refractivity contribution in [3.05, 3.63) is 0 Å². The number of hydrogen-bond donors (Lipinski definition) is 2. The van der Waals surface area contributed by atoms with E-state index < -0.39 is 0 Å². The van der Waals surface area contributed by atoms with Gasteiger partial charge >= 0.3 is 0 Å². The first-order valence-corrected chi connectivity index (χ1v) is 6.10. The SMILES string of the molecule is CC(CN1CCCC1)NCC(C)(C)CO. The molecule has 0 amide bonds. The van der Waals surface area contributed by atoms with Crippen molar-refractivity contribution < 1.29 is 5.11 Å². The molecule has 1 aliphatic heterocycles. The fourth-order valence-corrected chi connectivity index (χ4v) is 1.92. The summed E-state index contributed by atoms with van der Waals surface area (Å²) in [5.74, 6) is 0. The molecule has 1 fully saturated rings. The molecule has 1 aliphatic rings. The fraction of sp³-hybridized carbons (Fsp3) is 1.00. The predicted octanol–water partition coefficient (Wildman–Crippen LogP) is 1.08. The molecule has 0 bridgehead atoms. The molecule has 0 radical (unpaired) electrons. The van der Waals surface area contributed by atoms with E-state index in [2.05, 4.69) is 31.0 Å². The minimum absolute atomic E-state index is 0.000725. The largest absolute Gasteiger partial charge is 0.396 e. The van der Waals surface area contributed by atoms with Gasteiger partial charge in [-0.15, -0.1) is 0 Å². The van der Waals surface area contributed by atoms with Crippen molar-refractivity contribution in [2.24, 2.45) is 5.41 Å². The number of nitrogens with one attached hydrogen (secondary N) is 1. The highest BCUT2D eigenvalue weighted by Crippen LogP contribution is 2.12. The van der Waals surface area contributed by atoms with Crippen LogP contribution in [0.1, 0.15) is 33.6 Å². The third-order valence-corrected chi connectivity index (χ3v) is 3.09. The van der Waals surface area contributed by atoms with Gasteiger partial charge in [0.2, 0.25) is 0 Å². The van der Waals surface area contributed by atoms with Crippen molar-refractivity contribution >= 4 is 0 Å². The molecule has 3 heteroatoms. The van der Waals surface area contributed by atoms with Crippen LogP contribution in [0.3, 0.4) is 0 Å². The van der Waals surface area contributed by atoms with E-state index in [-0.39, 0.29) is 12.0 Å². The van der Waals surface area contributed by atoms with E-state index in [1.807, 2.05) is 0 Å². The smallest absolute Gasteiger partial charge is 0.0494 e. The summed E-state index contributed by atoms with van der Waals surface area (Å²) in [6, 6.07) is 0.522. The summed E-state index contributed by atoms with van der Waals surface area (Å²) < 4.78 is 0. The van der Waals surface area contributed by atoms with Crippen LogP contribution in [0.2, 0.25) is 0 Å². The summed E-state index contributed by atoms with van der Waals surface area (Å²) in [6.07, 6.45) is 2.71. The Hall–Kier alpha value is -0.120. The number of hydrogen-bond acceptors (Lipinski definition) is 3. The molecule has 0 saturated carbocycles. The molecule has 0 aromatic carbocycles. The van der Waals surface area contributed by atoms with Gasteiger partial charge in [-0.1, -0.05) is 13.8 Å². The van der Waals surface area contributed by atoms with E-state index in [4.69, 9.17) is 5.11 Å². The van der Waals surface area contributed by atoms with E-state index in [0.29, 0.717) is 6.04 Å². The molecular formula is C12H26N2O. The fourth-order valence-electron chi connectivity index (χ4n) is 1.92. The van der Waals surface area contributed by atoms with Crippen LogP contribution in [-0.4, -0.2) is 48.8 Å². The van der Waals surface area contributed by atoms with Crippen LogP contribution < -0.4 is 5.32 Å². The number of likely N-dealkylation sites (tertiary alicyclic amines) is 1. The van der Waals surface area contributed by atoms with Crippen molar-refractivity contribution in [2.45, 2.75) is 39.7 Å². The Morgan fingerprint density at radius 1 is 1.33 bits per heavy atom. The van der Waals surface area contributed by atoms with E-state index in [0.717, 1.165) is 13.1 Å². The molecule has 90 valence electrons. The zero-order valence-corrected chi connectivity index (χ0v) is 10.4. The van der Waals surface area contributed by atoms with E-state index in [9.17, 15) is 0 Å². The van der Waals surface area contributed by atoms with Gasteiger partial charge in [0, 0.05) is 31.2 Å². The number of aliphatic hydroxyl groups excluding tert-OH is 1. The normalized spacial score (nSPS) is 20.8. The molecule has 0 aliphatic carbocycles. The lowest BCUT2D eigenvalue weighted by atomic mass is 9.95. The van der Waals surface area contributed by atoms with Gasteiger partial charge in [0.25, 0.3) is 0 Å². The number of rotatable bonds is 6. The minimum atomic E-state index is -0.000725. The van der Waals surface area contributed by atoms with Crippen LogP contribution in [-0.2, 0) is 0 Å². The van der Waals surface area contributed by atoms with Gasteiger partial charge in [0.05, 0.1) is 0 Å². The third kappa shape index (κ3) is 4.96. The molecule has 1 unspecified atom stereocenters. The Morgan fingerprint density at radius 2 is 1.93 bits per heavy atom. The Morgan fingerprint density at radius 3 is 2.47 bits per heavy atom. The van der Waals surface area contributed by atoms with Gasteiger partial charge in [0.15, 0.2) is 0 Å². The zero-order chi connectivity index (χ0) is 11.3. The number of nitrogens with zero attached hydrogens (tertiary/aromatic N) is 1. The Kier molecular flexibility index (Phi) is 5.03. The lowest BCUT2D eigenvalue weighted by molar-refractivity contribution is 0.150. The molecule has 1 rings (SSSR count). The Balaban J connectivity index is 2.15. The van der Waals surface area contributed by atoms with Crippen molar-refractivity contribution in [1.82, 2.24) is 10.2 Å². The second-order valence-electron chi connectivity index (χ2n) is 5.61. The molecule has 0 spiro atoms. The molecule has 0 aromatic rings. The van der Waals surface area contributed by atoms with Crippen molar-refractivity contribution in [3.63, 3.8) is 0 Å². The molecule has 1 atom stereocenters. The molecule has 3 nitrogen and oxygen atoms in total. The monoisotopic (exact) mass is 214 g/mol. The van der Waals surface area contributed by atoms with Crippen LogP contribution in [0.4, 0.5) is 0 Å². The maximum Gasteiger partial charge on any atom is 0.0494 e. The van der Waals surface area contributed by atoms with E-state index >= 15 is 0 Å². The molecule has 1 saturated heterocycles. The summed E-state index contributed by atoms with van der Waals surface area (Å²) in [5, 5.41) is 12.6. The lowest BCUT2D eigenvalue weighted by Crippen LogP contribution is -2.42. The predicted molar refractivity (Wildman–Crippen MR) is 64.0 cm³/mol. The average Bonchev–Trinajstić information content (AvgIpc) is 2.68. The molecule has 1 heterocycles. The third-order valence-electron chi connectivity index (χ3n) is 3.09. The van der Waals surface area contributed by atoms with Crippen LogP contribution in [0, 0.1) is 5.41 Å². The van der Waals surface area contributed by atoms with Crippen molar-refractivity contribution in [1.29, 1.82) is 0 Å². The van der Waals surface area contributed by atoms with Crippen LogP contribution in [0.25, 0.3) is 0 Å². The summed E-state index contributed by atoms with van der Waals surface area (Å²) in [4.78, 5) is 2.52. The molecule has 0 aromatic heterocycles. The van der Waals surface area contributed by atoms with Crippen LogP contribution in [0.15, 0.2) is 0 Å². The Bertz CT molecular complexity index is 176. The molecule has 2 N–H and O–H groups in total. The summed E-state index contributed by atoms with van der Waals surface area (Å²) in [7, 11) is 0. The van der Waals surface area contributed by atoms with Gasteiger partial charge in [-0.2, -0.15) is 0 Å². The second kappa shape index (κ2) is 5.83. The zero-order valence-electron chi connectivity index (χ0n) is 10.4. The van der Waals surface area contributed by atoms with Crippen molar-refractivity contribution in [3.8, 4) is 0 Å². The molecule has 15 heavy (non-hydrogen) atoms. The maximum absolute atomic E-state index is 9.14. The van der Waals surface area contributed by atoms with Crippen LogP contribution in [0.5, 0.6) is 0 Å². The lowest BCUT2D eigenvalue weighted by Gasteiger charge is -2.27. The van der Waals surface area contributed by atoms with Gasteiger partial charge in [0.1, 0.15) is 0 Å². The average molecular weight is 214 g/mol. The minimum Gasteiger partial charge on any atom is -0.396 e. The highest BCUT2D eigenvalue weighted by atomic mass is 16.3. The maximum atomic E-state index is 9.14. The van der Waals surface area contributed by atoms with Crippen LogP contribution >= 0.6 is 0 Å². The highest BCUT2D eigenvalue weighted by molar-refractivity contribution is 4.76. The summed E-state index contributed by atoms with van der Waals surface area (Å²) in [5.41, 5.74) is -0.000725. The number of aliphatic hydroxyl groups is 1. The van der Waals surface area contributed by atoms with Gasteiger partial charge < -0.3 is 15.3 Å². The highest BCUT2D eigenvalue weighted by Gasteiger charge is 2.19. The second-order valence-corrected chi connectivity index (χ2v) is 5.61. The summed E-state index contributed by atoms with van der Waals surface area (Å²) >= 11 is 0. The first-order chi connectivity index (χ1) is 7.03. The topological polar surface area (TPSA) is 35.5 Å². The van der Waals surface area contributed by atoms with Gasteiger partial charge in [-0.3, -0.25) is 0 Å². The Labute approximate surface area is 93.9 Å². The van der Waals surface area contributed by atoms with E-state index in [1.54, 1.807) is 0 Å².